The number of rotatable bonds is 2. The molecular weight excluding hydrogens is 367 g/mol. The van der Waals surface area contributed by atoms with E-state index >= 15 is 0 Å². The van der Waals surface area contributed by atoms with Crippen molar-refractivity contribution in [2.24, 2.45) is 0 Å². The number of methoxy groups -OCH3 is 1. The van der Waals surface area contributed by atoms with E-state index in [0.717, 1.165) is 11.1 Å². The van der Waals surface area contributed by atoms with Gasteiger partial charge in [0, 0.05) is 24.8 Å². The smallest absolute Gasteiger partial charge is 0.254 e. The van der Waals surface area contributed by atoms with Gasteiger partial charge < -0.3 is 9.64 Å². The van der Waals surface area contributed by atoms with Gasteiger partial charge in [-0.3, -0.25) is 4.79 Å². The van der Waals surface area contributed by atoms with Crippen LogP contribution in [0.5, 0.6) is 5.75 Å². The van der Waals surface area contributed by atoms with Gasteiger partial charge >= 0.3 is 0 Å². The van der Waals surface area contributed by atoms with E-state index in [9.17, 15) is 9.18 Å². The third-order valence-corrected chi connectivity index (χ3v) is 4.90. The molecule has 0 fully saturated rings. The average molecular weight is 386 g/mol. The summed E-state index contributed by atoms with van der Waals surface area (Å²) in [4.78, 5) is 19.0. The van der Waals surface area contributed by atoms with Crippen LogP contribution in [-0.2, 0) is 13.0 Å². The Labute approximate surface area is 169 Å². The Hall–Kier alpha value is -3.65. The highest BCUT2D eigenvalue weighted by Gasteiger charge is 2.22. The van der Waals surface area contributed by atoms with Crippen molar-refractivity contribution >= 4 is 5.91 Å². The third-order valence-electron chi connectivity index (χ3n) is 4.90. The Morgan fingerprint density at radius 1 is 1.10 bits per heavy atom. The molecule has 0 N–H and O–H groups in total. The number of amides is 1. The lowest BCUT2D eigenvalue weighted by Crippen LogP contribution is -2.36. The zero-order valence-corrected chi connectivity index (χ0v) is 16.0. The fourth-order valence-electron chi connectivity index (χ4n) is 3.39. The first-order valence-electron chi connectivity index (χ1n) is 9.32. The number of pyridine rings is 1. The molecule has 1 aliphatic rings. The van der Waals surface area contributed by atoms with Crippen molar-refractivity contribution < 1.29 is 13.9 Å². The molecule has 4 nitrogen and oxygen atoms in total. The largest absolute Gasteiger partial charge is 0.495 e. The number of halogens is 1. The second-order valence-electron chi connectivity index (χ2n) is 6.77. The minimum absolute atomic E-state index is 0.108. The second-order valence-corrected chi connectivity index (χ2v) is 6.77. The molecule has 1 aliphatic heterocycles. The number of hydrogen-bond acceptors (Lipinski definition) is 3. The first kappa shape index (κ1) is 18.7. The highest BCUT2D eigenvalue weighted by Crippen LogP contribution is 2.24. The van der Waals surface area contributed by atoms with Crippen molar-refractivity contribution in [2.75, 3.05) is 13.7 Å². The predicted molar refractivity (Wildman–Crippen MR) is 108 cm³/mol. The maximum absolute atomic E-state index is 13.6. The molecule has 3 aromatic rings. The standard InChI is InChI=1S/C24H19FN2O2/c1-29-23-10-7-19(14-18(23)6-9-22-4-2-3-12-26-22)24(28)27-13-11-17-5-8-21(25)15-20(17)16-27/h2-5,7-8,10,12,14-15H,11,13,16H2,1H3. The monoisotopic (exact) mass is 386 g/mol. The van der Waals surface area contributed by atoms with Gasteiger partial charge in [0.1, 0.15) is 17.3 Å². The van der Waals surface area contributed by atoms with E-state index in [0.29, 0.717) is 42.1 Å². The van der Waals surface area contributed by atoms with Gasteiger partial charge in [-0.2, -0.15) is 0 Å². The van der Waals surface area contributed by atoms with Crippen LogP contribution in [0, 0.1) is 17.7 Å². The molecule has 2 heterocycles. The topological polar surface area (TPSA) is 42.4 Å². The normalized spacial score (nSPS) is 12.6. The Balaban J connectivity index is 1.60. The Kier molecular flexibility index (Phi) is 5.26. The van der Waals surface area contributed by atoms with Crippen LogP contribution in [0.4, 0.5) is 4.39 Å². The molecule has 144 valence electrons. The molecule has 0 unspecified atom stereocenters. The van der Waals surface area contributed by atoms with Crippen LogP contribution in [-0.4, -0.2) is 29.4 Å². The Morgan fingerprint density at radius 2 is 2.00 bits per heavy atom. The number of ether oxygens (including phenoxy) is 1. The van der Waals surface area contributed by atoms with E-state index < -0.39 is 0 Å². The summed E-state index contributed by atoms with van der Waals surface area (Å²) < 4.78 is 19.0. The lowest BCUT2D eigenvalue weighted by Gasteiger charge is -2.29. The van der Waals surface area contributed by atoms with E-state index in [1.807, 2.05) is 18.2 Å². The SMILES string of the molecule is COc1ccc(C(=O)N2CCc3ccc(F)cc3C2)cc1C#Cc1ccccn1. The molecule has 0 saturated heterocycles. The highest BCUT2D eigenvalue weighted by atomic mass is 19.1. The van der Waals surface area contributed by atoms with Gasteiger partial charge in [0.05, 0.1) is 12.7 Å². The molecule has 4 rings (SSSR count). The van der Waals surface area contributed by atoms with Crippen LogP contribution in [0.15, 0.2) is 60.8 Å². The van der Waals surface area contributed by atoms with Crippen LogP contribution >= 0.6 is 0 Å². The van der Waals surface area contributed by atoms with Crippen molar-refractivity contribution in [3.63, 3.8) is 0 Å². The van der Waals surface area contributed by atoms with E-state index in [-0.39, 0.29) is 11.7 Å². The predicted octanol–water partition coefficient (Wildman–Crippen LogP) is 3.83. The number of carbonyl (C=O) groups excluding carboxylic acids is 1. The number of carbonyl (C=O) groups is 1. The Bertz CT molecular complexity index is 1120. The lowest BCUT2D eigenvalue weighted by atomic mass is 9.98. The van der Waals surface area contributed by atoms with Gasteiger partial charge in [-0.15, -0.1) is 0 Å². The van der Waals surface area contributed by atoms with Gasteiger partial charge in [0.15, 0.2) is 0 Å². The maximum atomic E-state index is 13.6. The summed E-state index contributed by atoms with van der Waals surface area (Å²) in [7, 11) is 1.57. The fourth-order valence-corrected chi connectivity index (χ4v) is 3.39. The summed E-state index contributed by atoms with van der Waals surface area (Å²) in [6.07, 6.45) is 2.39. The molecule has 1 amide bonds. The van der Waals surface area contributed by atoms with Crippen molar-refractivity contribution in [2.45, 2.75) is 13.0 Å². The summed E-state index contributed by atoms with van der Waals surface area (Å²) in [6.45, 7) is 0.991. The van der Waals surface area contributed by atoms with Crippen LogP contribution < -0.4 is 4.74 Å². The number of hydrogen-bond donors (Lipinski definition) is 0. The van der Waals surface area contributed by atoms with Crippen LogP contribution in [0.3, 0.4) is 0 Å². The molecule has 0 atom stereocenters. The van der Waals surface area contributed by atoms with Crippen molar-refractivity contribution in [1.82, 2.24) is 9.88 Å². The summed E-state index contributed by atoms with van der Waals surface area (Å²) in [5.41, 5.74) is 3.73. The van der Waals surface area contributed by atoms with Crippen molar-refractivity contribution in [1.29, 1.82) is 0 Å². The summed E-state index contributed by atoms with van der Waals surface area (Å²) in [6, 6.07) is 15.5. The summed E-state index contributed by atoms with van der Waals surface area (Å²) in [5, 5.41) is 0. The molecule has 0 bridgehead atoms. The number of fused-ring (bicyclic) bond motifs is 1. The van der Waals surface area contributed by atoms with E-state index in [2.05, 4.69) is 16.8 Å². The summed E-state index contributed by atoms with van der Waals surface area (Å²) >= 11 is 0. The lowest BCUT2D eigenvalue weighted by molar-refractivity contribution is 0.0734. The molecule has 0 radical (unpaired) electrons. The molecule has 2 aromatic carbocycles. The molecule has 0 aliphatic carbocycles. The van der Waals surface area contributed by atoms with E-state index in [1.54, 1.807) is 42.5 Å². The number of aromatic nitrogens is 1. The van der Waals surface area contributed by atoms with Crippen LogP contribution in [0.25, 0.3) is 0 Å². The quantitative estimate of drug-likeness (QED) is 0.629. The number of benzene rings is 2. The molecule has 0 spiro atoms. The molecule has 0 saturated carbocycles. The minimum atomic E-state index is -0.283. The van der Waals surface area contributed by atoms with Crippen molar-refractivity contribution in [3.8, 4) is 17.6 Å². The van der Waals surface area contributed by atoms with Gasteiger partial charge in [0.25, 0.3) is 5.91 Å². The first-order valence-corrected chi connectivity index (χ1v) is 9.32. The highest BCUT2D eigenvalue weighted by molar-refractivity contribution is 5.95. The third kappa shape index (κ3) is 4.12. The molecule has 29 heavy (non-hydrogen) atoms. The molecular formula is C24H19FN2O2. The van der Waals surface area contributed by atoms with Crippen LogP contribution in [0.1, 0.15) is 32.7 Å². The number of nitrogens with zero attached hydrogens (tertiary/aromatic N) is 2. The first-order chi connectivity index (χ1) is 14.1. The van der Waals surface area contributed by atoms with Crippen molar-refractivity contribution in [3.05, 3.63) is 94.6 Å². The summed E-state index contributed by atoms with van der Waals surface area (Å²) in [5.74, 6) is 6.24. The molecule has 1 aromatic heterocycles. The van der Waals surface area contributed by atoms with Crippen LogP contribution in [0.2, 0.25) is 0 Å². The van der Waals surface area contributed by atoms with E-state index in [1.165, 1.54) is 12.1 Å². The zero-order chi connectivity index (χ0) is 20.2. The van der Waals surface area contributed by atoms with Gasteiger partial charge in [-0.1, -0.05) is 18.1 Å². The van der Waals surface area contributed by atoms with Gasteiger partial charge in [0.2, 0.25) is 0 Å². The van der Waals surface area contributed by atoms with Gasteiger partial charge in [-0.25, -0.2) is 9.37 Å². The molecule has 5 heteroatoms. The fraction of sp³-hybridized carbons (Fsp3) is 0.167. The second kappa shape index (κ2) is 8.15. The zero-order valence-electron chi connectivity index (χ0n) is 16.0. The minimum Gasteiger partial charge on any atom is -0.495 e. The maximum Gasteiger partial charge on any atom is 0.254 e. The average Bonchev–Trinajstić information content (AvgIpc) is 2.77. The van der Waals surface area contributed by atoms with Gasteiger partial charge in [-0.05, 0) is 65.9 Å². The Morgan fingerprint density at radius 3 is 2.79 bits per heavy atom. The van der Waals surface area contributed by atoms with E-state index in [4.69, 9.17) is 4.74 Å².